The number of nitrogens with two attached hydrogens (primary N) is 1. The standard InChI is InChI=1S/C14H16F4.C9H7N3O2/c1-2-10-11(3-4-12(15)13(10)16)9-5-7-14(17,18)8-6-9;10-9(14)8-7-5(1-3-12-8)11-4-2-6(7)13/h3-4,9H,2,5-8H2,1H3;1-4H,(H2,10,14)(H,11,13). The Morgan fingerprint density at radius 2 is 1.88 bits per heavy atom. The number of nitrogens with one attached hydrogen (secondary N) is 1. The molecule has 0 bridgehead atoms. The average molecular weight is 449 g/mol. The zero-order valence-corrected chi connectivity index (χ0v) is 17.4. The van der Waals surface area contributed by atoms with Crippen molar-refractivity contribution in [3.63, 3.8) is 0 Å². The van der Waals surface area contributed by atoms with E-state index in [0.29, 0.717) is 35.9 Å². The maximum absolute atomic E-state index is 13.6. The lowest BCUT2D eigenvalue weighted by Gasteiger charge is -2.29. The molecule has 1 amide bonds. The molecule has 4 rings (SSSR count). The van der Waals surface area contributed by atoms with Gasteiger partial charge in [-0.05, 0) is 48.4 Å². The molecule has 5 nitrogen and oxygen atoms in total. The predicted octanol–water partition coefficient (Wildman–Crippen LogP) is 4.84. The highest BCUT2D eigenvalue weighted by atomic mass is 19.3. The van der Waals surface area contributed by atoms with Gasteiger partial charge in [0, 0.05) is 31.3 Å². The van der Waals surface area contributed by atoms with Gasteiger partial charge in [-0.25, -0.2) is 17.6 Å². The second-order valence-electron chi connectivity index (χ2n) is 7.70. The Balaban J connectivity index is 0.000000186. The molecular weight excluding hydrogens is 426 g/mol. The first kappa shape index (κ1) is 23.4. The minimum absolute atomic E-state index is 0.00403. The number of benzene rings is 1. The van der Waals surface area contributed by atoms with Crippen LogP contribution in [0.25, 0.3) is 10.9 Å². The lowest BCUT2D eigenvalue weighted by Crippen LogP contribution is -2.24. The molecule has 1 aromatic carbocycles. The largest absolute Gasteiger partial charge is 0.364 e. The summed E-state index contributed by atoms with van der Waals surface area (Å²) in [6.07, 6.45) is 3.66. The summed E-state index contributed by atoms with van der Waals surface area (Å²) in [6, 6.07) is 5.58. The van der Waals surface area contributed by atoms with Crippen molar-refractivity contribution in [3.8, 4) is 0 Å². The van der Waals surface area contributed by atoms with E-state index in [1.54, 1.807) is 19.1 Å². The van der Waals surface area contributed by atoms with E-state index < -0.39 is 23.5 Å². The molecule has 2 heterocycles. The fraction of sp³-hybridized carbons (Fsp3) is 0.348. The normalized spacial score (nSPS) is 15.8. The number of hydrogen-bond acceptors (Lipinski definition) is 3. The third-order valence-corrected chi connectivity index (χ3v) is 5.65. The molecule has 3 N–H and O–H groups in total. The van der Waals surface area contributed by atoms with Gasteiger partial charge in [0.2, 0.25) is 5.92 Å². The summed E-state index contributed by atoms with van der Waals surface area (Å²) in [5.41, 5.74) is 6.43. The molecule has 1 aliphatic rings. The third-order valence-electron chi connectivity index (χ3n) is 5.65. The number of nitrogens with zero attached hydrogens (tertiary/aromatic N) is 1. The van der Waals surface area contributed by atoms with Crippen molar-refractivity contribution in [1.82, 2.24) is 9.97 Å². The maximum Gasteiger partial charge on any atom is 0.268 e. The van der Waals surface area contributed by atoms with Crippen LogP contribution in [0.2, 0.25) is 0 Å². The van der Waals surface area contributed by atoms with Gasteiger partial charge in [0.25, 0.3) is 5.91 Å². The summed E-state index contributed by atoms with van der Waals surface area (Å²) >= 11 is 0. The van der Waals surface area contributed by atoms with Crippen LogP contribution < -0.4 is 11.2 Å². The fourth-order valence-electron chi connectivity index (χ4n) is 4.01. The molecule has 1 fully saturated rings. The molecule has 1 saturated carbocycles. The van der Waals surface area contributed by atoms with E-state index in [1.807, 2.05) is 0 Å². The van der Waals surface area contributed by atoms with E-state index in [-0.39, 0.29) is 35.3 Å². The van der Waals surface area contributed by atoms with Crippen LogP contribution in [0.1, 0.15) is 60.1 Å². The second kappa shape index (κ2) is 9.50. The topological polar surface area (TPSA) is 88.8 Å². The summed E-state index contributed by atoms with van der Waals surface area (Å²) < 4.78 is 53.0. The van der Waals surface area contributed by atoms with Crippen molar-refractivity contribution in [2.75, 3.05) is 0 Å². The highest BCUT2D eigenvalue weighted by molar-refractivity contribution is 6.03. The van der Waals surface area contributed by atoms with Crippen molar-refractivity contribution in [2.24, 2.45) is 5.73 Å². The van der Waals surface area contributed by atoms with Gasteiger partial charge >= 0.3 is 0 Å². The SMILES string of the molecule is CCc1c(C2CCC(F)(F)CC2)ccc(F)c1F.NC(=O)c1nccc2[nH]ccc(=O)c12. The number of rotatable bonds is 3. The van der Waals surface area contributed by atoms with Crippen LogP contribution >= 0.6 is 0 Å². The predicted molar refractivity (Wildman–Crippen MR) is 113 cm³/mol. The van der Waals surface area contributed by atoms with Gasteiger partial charge in [-0.1, -0.05) is 13.0 Å². The number of hydrogen-bond donors (Lipinski definition) is 2. The number of aromatic nitrogens is 2. The number of fused-ring (bicyclic) bond motifs is 1. The highest BCUT2D eigenvalue weighted by Crippen LogP contribution is 2.42. The van der Waals surface area contributed by atoms with Gasteiger partial charge in [0.15, 0.2) is 17.1 Å². The van der Waals surface area contributed by atoms with Crippen LogP contribution in [0.15, 0.2) is 41.5 Å². The molecule has 0 unspecified atom stereocenters. The Morgan fingerprint density at radius 1 is 1.19 bits per heavy atom. The van der Waals surface area contributed by atoms with Crippen LogP contribution in [-0.4, -0.2) is 21.8 Å². The van der Waals surface area contributed by atoms with E-state index in [2.05, 4.69) is 9.97 Å². The zero-order chi connectivity index (χ0) is 23.5. The van der Waals surface area contributed by atoms with Crippen LogP contribution in [0.5, 0.6) is 0 Å². The highest BCUT2D eigenvalue weighted by Gasteiger charge is 2.36. The summed E-state index contributed by atoms with van der Waals surface area (Å²) in [5, 5.41) is 0.238. The van der Waals surface area contributed by atoms with Crippen molar-refractivity contribution in [3.05, 3.63) is 75.3 Å². The van der Waals surface area contributed by atoms with Gasteiger partial charge in [-0.15, -0.1) is 0 Å². The van der Waals surface area contributed by atoms with E-state index in [9.17, 15) is 27.2 Å². The summed E-state index contributed by atoms with van der Waals surface area (Å²) in [6.45, 7) is 1.75. The number of H-pyrrole nitrogens is 1. The first-order valence-electron chi connectivity index (χ1n) is 10.3. The Hall–Kier alpha value is -3.23. The lowest BCUT2D eigenvalue weighted by atomic mass is 9.80. The van der Waals surface area contributed by atoms with Crippen LogP contribution in [-0.2, 0) is 6.42 Å². The molecule has 1 aliphatic carbocycles. The lowest BCUT2D eigenvalue weighted by molar-refractivity contribution is -0.0383. The number of aromatic amines is 1. The maximum atomic E-state index is 13.6. The number of carbonyl (C=O) groups is 1. The number of halogens is 4. The van der Waals surface area contributed by atoms with Gasteiger partial charge in [-0.3, -0.25) is 14.6 Å². The minimum Gasteiger partial charge on any atom is -0.364 e. The van der Waals surface area contributed by atoms with Crippen LogP contribution in [0.4, 0.5) is 17.6 Å². The van der Waals surface area contributed by atoms with Gasteiger partial charge in [0.1, 0.15) is 5.69 Å². The van der Waals surface area contributed by atoms with Crippen molar-refractivity contribution in [1.29, 1.82) is 0 Å². The Kier molecular flexibility index (Phi) is 6.96. The third kappa shape index (κ3) is 4.98. The quantitative estimate of drug-likeness (QED) is 0.561. The molecule has 0 spiro atoms. The van der Waals surface area contributed by atoms with E-state index in [0.717, 1.165) is 6.07 Å². The molecule has 0 atom stereocenters. The molecule has 0 aliphatic heterocycles. The first-order valence-corrected chi connectivity index (χ1v) is 10.3. The van der Waals surface area contributed by atoms with E-state index in [1.165, 1.54) is 18.5 Å². The number of pyridine rings is 2. The van der Waals surface area contributed by atoms with E-state index >= 15 is 0 Å². The van der Waals surface area contributed by atoms with Gasteiger partial charge < -0.3 is 10.7 Å². The number of alkyl halides is 2. The Labute approximate surface area is 181 Å². The molecule has 9 heteroatoms. The van der Waals surface area contributed by atoms with Crippen LogP contribution in [0.3, 0.4) is 0 Å². The molecule has 0 radical (unpaired) electrons. The van der Waals surface area contributed by atoms with Gasteiger partial charge in [-0.2, -0.15) is 0 Å². The van der Waals surface area contributed by atoms with Crippen LogP contribution in [0, 0.1) is 11.6 Å². The van der Waals surface area contributed by atoms with Crippen molar-refractivity contribution >= 4 is 16.8 Å². The number of primary amides is 1. The second-order valence-corrected chi connectivity index (χ2v) is 7.70. The monoisotopic (exact) mass is 449 g/mol. The molecule has 32 heavy (non-hydrogen) atoms. The molecular formula is C23H23F4N3O2. The molecule has 3 aromatic rings. The molecule has 170 valence electrons. The zero-order valence-electron chi connectivity index (χ0n) is 17.4. The fourth-order valence-corrected chi connectivity index (χ4v) is 4.01. The number of amides is 1. The summed E-state index contributed by atoms with van der Waals surface area (Å²) in [4.78, 5) is 29.0. The summed E-state index contributed by atoms with van der Waals surface area (Å²) in [7, 11) is 0. The van der Waals surface area contributed by atoms with Crippen molar-refractivity contribution in [2.45, 2.75) is 50.9 Å². The van der Waals surface area contributed by atoms with E-state index in [4.69, 9.17) is 5.73 Å². The average Bonchev–Trinajstić information content (AvgIpc) is 2.76. The molecule has 2 aromatic heterocycles. The summed E-state index contributed by atoms with van der Waals surface area (Å²) in [5.74, 6) is -5.06. The minimum atomic E-state index is -2.60. The number of carbonyl (C=O) groups excluding carboxylic acids is 1. The molecule has 0 saturated heterocycles. The Bertz CT molecular complexity index is 1180. The Morgan fingerprint density at radius 3 is 2.50 bits per heavy atom. The first-order chi connectivity index (χ1) is 15.1. The van der Waals surface area contributed by atoms with Crippen molar-refractivity contribution < 1.29 is 22.4 Å². The van der Waals surface area contributed by atoms with Gasteiger partial charge in [0.05, 0.1) is 10.9 Å². The smallest absolute Gasteiger partial charge is 0.268 e.